The van der Waals surface area contributed by atoms with E-state index in [1.54, 1.807) is 0 Å². The van der Waals surface area contributed by atoms with Crippen molar-refractivity contribution in [3.8, 4) is 0 Å². The molecule has 0 bridgehead atoms. The topological polar surface area (TPSA) is 158 Å². The fourth-order valence-electron chi connectivity index (χ4n) is 2.42. The zero-order valence-corrected chi connectivity index (χ0v) is 21.5. The van der Waals surface area contributed by atoms with E-state index < -0.39 is 78.9 Å². The predicted molar refractivity (Wildman–Crippen MR) is 132 cm³/mol. The summed E-state index contributed by atoms with van der Waals surface area (Å²) in [5.41, 5.74) is -1.09. The lowest BCUT2D eigenvalue weighted by molar-refractivity contribution is -0.206. The Morgan fingerprint density at radius 2 is 0.868 bits per heavy atom. The van der Waals surface area contributed by atoms with E-state index >= 15 is 0 Å². The molecule has 0 aliphatic carbocycles. The third-order valence-electron chi connectivity index (χ3n) is 4.31. The van der Waals surface area contributed by atoms with Crippen molar-refractivity contribution in [1.82, 2.24) is 0 Å². The van der Waals surface area contributed by atoms with Crippen molar-refractivity contribution in [2.75, 3.05) is 13.2 Å². The third-order valence-corrected chi connectivity index (χ3v) is 4.31. The van der Waals surface area contributed by atoms with Gasteiger partial charge in [0.25, 0.3) is 0 Å². The molecule has 0 radical (unpaired) electrons. The van der Waals surface area contributed by atoms with Crippen LogP contribution in [-0.4, -0.2) is 73.4 Å². The molecule has 0 heterocycles. The Balaban J connectivity index is 6.90. The molecule has 12 nitrogen and oxygen atoms in total. The number of esters is 6. The summed E-state index contributed by atoms with van der Waals surface area (Å²) in [5, 5.41) is 0. The first-order chi connectivity index (χ1) is 17.7. The summed E-state index contributed by atoms with van der Waals surface area (Å²) in [4.78, 5) is 72.9. The van der Waals surface area contributed by atoms with Gasteiger partial charge >= 0.3 is 35.8 Å². The van der Waals surface area contributed by atoms with Crippen molar-refractivity contribution < 1.29 is 57.2 Å². The minimum absolute atomic E-state index is 0.724. The molecule has 0 aromatic heterocycles. The van der Waals surface area contributed by atoms with E-state index in [0.29, 0.717) is 0 Å². The van der Waals surface area contributed by atoms with Gasteiger partial charge in [-0.15, -0.1) is 0 Å². The lowest BCUT2D eigenvalue weighted by atomic mass is 9.96. The Morgan fingerprint density at radius 1 is 0.553 bits per heavy atom. The van der Waals surface area contributed by atoms with Crippen LogP contribution in [0.5, 0.6) is 0 Å². The van der Waals surface area contributed by atoms with Crippen LogP contribution in [-0.2, 0) is 57.2 Å². The molecule has 4 atom stereocenters. The highest BCUT2D eigenvalue weighted by Crippen LogP contribution is 2.24. The van der Waals surface area contributed by atoms with E-state index in [-0.39, 0.29) is 0 Å². The molecule has 0 aromatic rings. The highest BCUT2D eigenvalue weighted by molar-refractivity contribution is 5.84. The van der Waals surface area contributed by atoms with Gasteiger partial charge in [-0.3, -0.25) is 4.79 Å². The first-order valence-corrected chi connectivity index (χ1v) is 11.0. The molecule has 12 heteroatoms. The Hall–Kier alpha value is -4.48. The van der Waals surface area contributed by atoms with E-state index in [1.165, 1.54) is 20.8 Å². The van der Waals surface area contributed by atoms with Gasteiger partial charge in [-0.2, -0.15) is 0 Å². The third kappa shape index (κ3) is 12.0. The number of carbonyl (C=O) groups is 6. The van der Waals surface area contributed by atoms with E-state index in [9.17, 15) is 28.8 Å². The van der Waals surface area contributed by atoms with Gasteiger partial charge in [0, 0.05) is 30.4 Å². The lowest BCUT2D eigenvalue weighted by Gasteiger charge is -2.36. The Bertz CT molecular complexity index is 956. The maximum Gasteiger partial charge on any atom is 0.330 e. The molecule has 4 unspecified atom stereocenters. The van der Waals surface area contributed by atoms with Gasteiger partial charge in [-0.1, -0.05) is 32.9 Å². The smallest absolute Gasteiger partial charge is 0.330 e. The number of carbonyl (C=O) groups excluding carboxylic acids is 6. The zero-order chi connectivity index (χ0) is 29.5. The molecule has 0 spiro atoms. The summed E-state index contributed by atoms with van der Waals surface area (Å²) >= 11 is 0. The van der Waals surface area contributed by atoms with Gasteiger partial charge in [-0.05, 0) is 20.8 Å². The van der Waals surface area contributed by atoms with E-state index in [0.717, 1.165) is 30.4 Å². The monoisotopic (exact) mass is 536 g/mol. The summed E-state index contributed by atoms with van der Waals surface area (Å²) in [6, 6.07) is 0. The van der Waals surface area contributed by atoms with E-state index in [4.69, 9.17) is 28.4 Å². The van der Waals surface area contributed by atoms with Gasteiger partial charge in [0.15, 0.2) is 24.4 Å². The fourth-order valence-corrected chi connectivity index (χ4v) is 2.42. The quantitative estimate of drug-likeness (QED) is 0.160. The SMILES string of the molecule is C=CC(=O)OCC(OC(=O)C=C)C(OC(=O)C=C)C(OC(=O)C=C)C(COC(=O)C=C)OC(=O)C(C)(C)C. The van der Waals surface area contributed by atoms with Crippen LogP contribution >= 0.6 is 0 Å². The van der Waals surface area contributed by atoms with Gasteiger partial charge in [0.1, 0.15) is 13.2 Å². The second kappa shape index (κ2) is 16.3. The highest BCUT2D eigenvalue weighted by atomic mass is 16.6. The number of rotatable bonds is 16. The van der Waals surface area contributed by atoms with Gasteiger partial charge in [0.2, 0.25) is 0 Å². The summed E-state index contributed by atoms with van der Waals surface area (Å²) in [5.74, 6) is -5.91. The van der Waals surface area contributed by atoms with Crippen molar-refractivity contribution in [2.24, 2.45) is 5.41 Å². The van der Waals surface area contributed by atoms with Crippen LogP contribution in [0.3, 0.4) is 0 Å². The second-order valence-electron chi connectivity index (χ2n) is 8.25. The van der Waals surface area contributed by atoms with Crippen molar-refractivity contribution in [2.45, 2.75) is 45.2 Å². The lowest BCUT2D eigenvalue weighted by Crippen LogP contribution is -2.55. The maximum atomic E-state index is 12.8. The Kier molecular flexibility index (Phi) is 14.4. The molecule has 38 heavy (non-hydrogen) atoms. The first-order valence-electron chi connectivity index (χ1n) is 11.0. The summed E-state index contributed by atoms with van der Waals surface area (Å²) in [7, 11) is 0. The Morgan fingerprint density at radius 3 is 1.18 bits per heavy atom. The highest BCUT2D eigenvalue weighted by Gasteiger charge is 2.45. The van der Waals surface area contributed by atoms with E-state index in [2.05, 4.69) is 32.9 Å². The number of hydrogen-bond donors (Lipinski definition) is 0. The number of hydrogen-bond acceptors (Lipinski definition) is 12. The van der Waals surface area contributed by atoms with Crippen LogP contribution in [0.25, 0.3) is 0 Å². The second-order valence-corrected chi connectivity index (χ2v) is 8.25. The molecule has 208 valence electrons. The van der Waals surface area contributed by atoms with Crippen molar-refractivity contribution in [3.05, 3.63) is 63.3 Å². The van der Waals surface area contributed by atoms with Crippen LogP contribution in [0.15, 0.2) is 63.3 Å². The molecule has 0 fully saturated rings. The molecule has 0 saturated carbocycles. The molecule has 0 saturated heterocycles. The van der Waals surface area contributed by atoms with Crippen LogP contribution in [0.2, 0.25) is 0 Å². The van der Waals surface area contributed by atoms with Crippen LogP contribution in [0, 0.1) is 5.41 Å². The normalized spacial score (nSPS) is 13.6. The minimum Gasteiger partial charge on any atom is -0.458 e. The standard InChI is InChI=1S/C26H32O12/c1-9-18(27)33-14-16(35-20(29)11-3)23(37-21(30)12-4)24(38-22(31)13-5)17(15-34-19(28)10-2)36-25(32)26(6,7)8/h9-13,16-17,23-24H,1-5,14-15H2,6-8H3. The van der Waals surface area contributed by atoms with Gasteiger partial charge in [0.05, 0.1) is 5.41 Å². The molecular weight excluding hydrogens is 504 g/mol. The maximum absolute atomic E-state index is 12.8. The Labute approximate surface area is 220 Å². The van der Waals surface area contributed by atoms with Crippen molar-refractivity contribution >= 4 is 35.8 Å². The molecule has 0 aromatic carbocycles. The summed E-state index contributed by atoms with van der Waals surface area (Å²) in [6.07, 6.45) is -3.03. The molecule has 0 N–H and O–H groups in total. The van der Waals surface area contributed by atoms with Crippen LogP contribution in [0.4, 0.5) is 0 Å². The summed E-state index contributed by atoms with van der Waals surface area (Å²) < 4.78 is 31.3. The average Bonchev–Trinajstić information content (AvgIpc) is 2.89. The van der Waals surface area contributed by atoms with Crippen molar-refractivity contribution in [1.29, 1.82) is 0 Å². The van der Waals surface area contributed by atoms with Crippen LogP contribution in [0.1, 0.15) is 20.8 Å². The minimum atomic E-state index is -1.81. The van der Waals surface area contributed by atoms with Gasteiger partial charge < -0.3 is 28.4 Å². The first kappa shape index (κ1) is 33.5. The van der Waals surface area contributed by atoms with Crippen LogP contribution < -0.4 is 0 Å². The predicted octanol–water partition coefficient (Wildman–Crippen LogP) is 1.70. The molecular formula is C26H32O12. The average molecular weight is 537 g/mol. The molecule has 0 aliphatic heterocycles. The number of ether oxygens (including phenoxy) is 6. The largest absolute Gasteiger partial charge is 0.458 e. The zero-order valence-electron chi connectivity index (χ0n) is 21.5. The molecule has 0 amide bonds. The van der Waals surface area contributed by atoms with Gasteiger partial charge in [-0.25, -0.2) is 24.0 Å². The molecule has 0 aliphatic rings. The van der Waals surface area contributed by atoms with E-state index in [1.807, 2.05) is 0 Å². The summed E-state index contributed by atoms with van der Waals surface area (Å²) in [6.45, 7) is 19.5. The fraction of sp³-hybridized carbons (Fsp3) is 0.385. The van der Waals surface area contributed by atoms with Crippen molar-refractivity contribution in [3.63, 3.8) is 0 Å². The molecule has 0 rings (SSSR count).